The molecular formula is C22H20N4O6. The van der Waals surface area contributed by atoms with Gasteiger partial charge in [0.05, 0.1) is 17.7 Å². The van der Waals surface area contributed by atoms with E-state index in [0.29, 0.717) is 16.8 Å². The highest BCUT2D eigenvalue weighted by atomic mass is 16.3. The molecule has 10 heteroatoms. The van der Waals surface area contributed by atoms with Crippen molar-refractivity contribution in [2.75, 3.05) is 5.32 Å². The molecule has 0 aromatic heterocycles. The number of aliphatic hydroxyl groups excluding tert-OH is 1. The highest BCUT2D eigenvalue weighted by Gasteiger charge is 2.45. The summed E-state index contributed by atoms with van der Waals surface area (Å²) in [7, 11) is 0. The zero-order valence-electron chi connectivity index (χ0n) is 16.9. The maximum absolute atomic E-state index is 13.0. The third-order valence-corrected chi connectivity index (χ3v) is 5.36. The van der Waals surface area contributed by atoms with Crippen LogP contribution in [-0.2, 0) is 22.7 Å². The molecule has 0 spiro atoms. The number of benzene rings is 2. The van der Waals surface area contributed by atoms with E-state index in [4.69, 9.17) is 0 Å². The largest absolute Gasteiger partial charge is 0.392 e. The lowest BCUT2D eigenvalue weighted by molar-refractivity contribution is -0.136. The number of hydrogen-bond acceptors (Lipinski definition) is 6. The van der Waals surface area contributed by atoms with E-state index in [1.165, 1.54) is 6.07 Å². The first-order valence-electron chi connectivity index (χ1n) is 9.97. The predicted molar refractivity (Wildman–Crippen MR) is 111 cm³/mol. The average molecular weight is 436 g/mol. The van der Waals surface area contributed by atoms with Crippen molar-refractivity contribution in [2.24, 2.45) is 0 Å². The Morgan fingerprint density at radius 3 is 2.62 bits per heavy atom. The van der Waals surface area contributed by atoms with Gasteiger partial charge in [0, 0.05) is 18.7 Å². The van der Waals surface area contributed by atoms with Gasteiger partial charge in [-0.15, -0.1) is 0 Å². The van der Waals surface area contributed by atoms with Crippen LogP contribution in [0.25, 0.3) is 0 Å². The quantitative estimate of drug-likeness (QED) is 0.513. The molecule has 4 N–H and O–H groups in total. The van der Waals surface area contributed by atoms with Crippen molar-refractivity contribution < 1.29 is 29.1 Å². The molecule has 0 aliphatic carbocycles. The Labute approximate surface area is 182 Å². The molecule has 4 rings (SSSR count). The second-order valence-electron chi connectivity index (χ2n) is 7.45. The van der Waals surface area contributed by atoms with E-state index in [9.17, 15) is 29.1 Å². The van der Waals surface area contributed by atoms with Gasteiger partial charge in [-0.05, 0) is 35.7 Å². The molecule has 1 atom stereocenters. The molecule has 0 bridgehead atoms. The molecule has 1 fully saturated rings. The van der Waals surface area contributed by atoms with Gasteiger partial charge in [-0.1, -0.05) is 24.3 Å². The van der Waals surface area contributed by atoms with Crippen molar-refractivity contribution >= 4 is 35.3 Å². The van der Waals surface area contributed by atoms with Crippen LogP contribution in [0.15, 0.2) is 42.5 Å². The minimum atomic E-state index is -1.05. The number of carbonyl (C=O) groups is 5. The number of imide groups is 2. The first-order valence-corrected chi connectivity index (χ1v) is 9.97. The van der Waals surface area contributed by atoms with Gasteiger partial charge in [-0.2, -0.15) is 0 Å². The number of carbonyl (C=O) groups excluding carboxylic acids is 5. The van der Waals surface area contributed by atoms with Crippen molar-refractivity contribution in [1.82, 2.24) is 15.5 Å². The monoisotopic (exact) mass is 436 g/mol. The van der Waals surface area contributed by atoms with E-state index in [0.717, 1.165) is 4.90 Å². The lowest BCUT2D eigenvalue weighted by Crippen LogP contribution is -2.54. The molecule has 0 radical (unpaired) electrons. The van der Waals surface area contributed by atoms with Crippen LogP contribution in [0.3, 0.4) is 0 Å². The molecule has 1 saturated heterocycles. The molecule has 6 amide bonds. The molecule has 2 aliphatic rings. The molecular weight excluding hydrogens is 416 g/mol. The SMILES string of the molecule is O=C1CCC(N2C(=O)c3cccc(CNC(=O)Nc4cccc(CO)c4)c3C2=O)C(=O)N1. The van der Waals surface area contributed by atoms with Crippen molar-refractivity contribution in [1.29, 1.82) is 0 Å². The number of rotatable bonds is 5. The number of urea groups is 1. The minimum Gasteiger partial charge on any atom is -0.392 e. The van der Waals surface area contributed by atoms with E-state index >= 15 is 0 Å². The summed E-state index contributed by atoms with van der Waals surface area (Å²) in [6.07, 6.45) is 0.106. The lowest BCUT2D eigenvalue weighted by atomic mass is 10.0. The number of piperidine rings is 1. The maximum atomic E-state index is 13.0. The molecule has 32 heavy (non-hydrogen) atoms. The zero-order valence-corrected chi connectivity index (χ0v) is 16.9. The Bertz CT molecular complexity index is 1140. The van der Waals surface area contributed by atoms with Gasteiger partial charge >= 0.3 is 6.03 Å². The summed E-state index contributed by atoms with van der Waals surface area (Å²) in [5.74, 6) is -2.36. The van der Waals surface area contributed by atoms with Crippen LogP contribution in [0.1, 0.15) is 44.7 Å². The summed E-state index contributed by atoms with van der Waals surface area (Å²) in [4.78, 5) is 62.7. The zero-order chi connectivity index (χ0) is 22.8. The summed E-state index contributed by atoms with van der Waals surface area (Å²) < 4.78 is 0. The van der Waals surface area contributed by atoms with Gasteiger partial charge < -0.3 is 15.7 Å². The standard InChI is InChI=1S/C22H20N4O6/c27-11-12-3-1-5-14(9-12)24-22(32)23-10-13-4-2-6-15-18(13)21(31)26(20(15)30)16-7-8-17(28)25-19(16)29/h1-6,9,16,27H,7-8,10-11H2,(H2,23,24,32)(H,25,28,29). The molecule has 2 aromatic carbocycles. The van der Waals surface area contributed by atoms with Crippen LogP contribution < -0.4 is 16.0 Å². The van der Waals surface area contributed by atoms with Gasteiger partial charge in [0.1, 0.15) is 6.04 Å². The molecule has 10 nitrogen and oxygen atoms in total. The first-order chi connectivity index (χ1) is 15.4. The number of aliphatic hydroxyl groups is 1. The van der Waals surface area contributed by atoms with Gasteiger partial charge in [0.15, 0.2) is 0 Å². The number of fused-ring (bicyclic) bond motifs is 1. The third kappa shape index (κ3) is 3.95. The van der Waals surface area contributed by atoms with Gasteiger partial charge in [0.25, 0.3) is 11.8 Å². The molecule has 164 valence electrons. The van der Waals surface area contributed by atoms with E-state index in [2.05, 4.69) is 16.0 Å². The highest BCUT2D eigenvalue weighted by Crippen LogP contribution is 2.29. The Morgan fingerprint density at radius 1 is 1.09 bits per heavy atom. The van der Waals surface area contributed by atoms with Crippen LogP contribution in [0.2, 0.25) is 0 Å². The van der Waals surface area contributed by atoms with Gasteiger partial charge in [0.2, 0.25) is 11.8 Å². The summed E-state index contributed by atoms with van der Waals surface area (Å²) >= 11 is 0. The van der Waals surface area contributed by atoms with E-state index in [1.54, 1.807) is 36.4 Å². The lowest BCUT2D eigenvalue weighted by Gasteiger charge is -2.27. The van der Waals surface area contributed by atoms with Crippen molar-refractivity contribution in [3.05, 3.63) is 64.7 Å². The maximum Gasteiger partial charge on any atom is 0.319 e. The Kier molecular flexibility index (Phi) is 5.69. The van der Waals surface area contributed by atoms with Crippen LogP contribution >= 0.6 is 0 Å². The normalized spacial score (nSPS) is 17.8. The fourth-order valence-electron chi connectivity index (χ4n) is 3.83. The van der Waals surface area contributed by atoms with Crippen molar-refractivity contribution in [3.63, 3.8) is 0 Å². The fraction of sp³-hybridized carbons (Fsp3) is 0.227. The topological polar surface area (TPSA) is 145 Å². The van der Waals surface area contributed by atoms with E-state index in [-0.39, 0.29) is 37.1 Å². The first kappa shape index (κ1) is 21.2. The van der Waals surface area contributed by atoms with Gasteiger partial charge in [-0.25, -0.2) is 4.79 Å². The third-order valence-electron chi connectivity index (χ3n) is 5.36. The summed E-state index contributed by atoms with van der Waals surface area (Å²) in [6.45, 7) is -0.190. The molecule has 2 aromatic rings. The van der Waals surface area contributed by atoms with Crippen molar-refractivity contribution in [3.8, 4) is 0 Å². The van der Waals surface area contributed by atoms with E-state index < -0.39 is 35.7 Å². The smallest absolute Gasteiger partial charge is 0.319 e. The average Bonchev–Trinajstić information content (AvgIpc) is 3.03. The summed E-state index contributed by atoms with van der Waals surface area (Å²) in [5.41, 5.74) is 1.83. The Balaban J connectivity index is 1.49. The molecule has 2 aliphatic heterocycles. The second-order valence-corrected chi connectivity index (χ2v) is 7.45. The van der Waals surface area contributed by atoms with Crippen LogP contribution in [0.5, 0.6) is 0 Å². The molecule has 0 saturated carbocycles. The number of amides is 6. The van der Waals surface area contributed by atoms with Gasteiger partial charge in [-0.3, -0.25) is 29.4 Å². The molecule has 2 heterocycles. The predicted octanol–water partition coefficient (Wildman–Crippen LogP) is 0.902. The minimum absolute atomic E-state index is 0.0308. The van der Waals surface area contributed by atoms with Crippen LogP contribution in [0, 0.1) is 0 Å². The Hall–Kier alpha value is -4.05. The van der Waals surface area contributed by atoms with Crippen LogP contribution in [-0.4, -0.2) is 45.7 Å². The number of hydrogen-bond donors (Lipinski definition) is 4. The number of nitrogens with one attached hydrogen (secondary N) is 3. The fourth-order valence-corrected chi connectivity index (χ4v) is 3.83. The van der Waals surface area contributed by atoms with Crippen molar-refractivity contribution in [2.45, 2.75) is 32.0 Å². The number of anilines is 1. The highest BCUT2D eigenvalue weighted by molar-refractivity contribution is 6.24. The molecule has 1 unspecified atom stereocenters. The van der Waals surface area contributed by atoms with E-state index in [1.807, 2.05) is 0 Å². The summed E-state index contributed by atoms with van der Waals surface area (Å²) in [5, 5.41) is 16.6. The number of nitrogens with zero attached hydrogens (tertiary/aromatic N) is 1. The second kappa shape index (κ2) is 8.60. The van der Waals surface area contributed by atoms with Crippen LogP contribution in [0.4, 0.5) is 10.5 Å². The summed E-state index contributed by atoms with van der Waals surface area (Å²) in [6, 6.07) is 9.82. The Morgan fingerprint density at radius 2 is 1.88 bits per heavy atom.